The maximum Gasteiger partial charge on any atom is 0.235 e. The lowest BCUT2D eigenvalue weighted by molar-refractivity contribution is -0.181. The van der Waals surface area contributed by atoms with E-state index in [0.717, 1.165) is 0 Å². The Labute approximate surface area is 223 Å². The molecule has 3 aliphatic carbocycles. The Kier molecular flexibility index (Phi) is 6.66. The SMILES string of the molecule is CC(=O)Nc1c(O)c2c(c(N(C)C)c1Cl)C[C@H]1C[C@H]3[C@H](N(C)C)C(=O)C(C(N)=O)C(=O)[C@@]3(O)C(=O)C1C2=O. The third kappa shape index (κ3) is 3.65. The molecular weight excluding hydrogens is 520 g/mol. The number of carbonyl (C=O) groups is 6. The van der Waals surface area contributed by atoms with E-state index >= 15 is 0 Å². The Balaban J connectivity index is 1.94. The van der Waals surface area contributed by atoms with Gasteiger partial charge in [0, 0.05) is 26.9 Å². The monoisotopic (exact) mass is 548 g/mol. The lowest BCUT2D eigenvalue weighted by Crippen LogP contribution is -2.74. The number of nitrogens with one attached hydrogen (secondary N) is 1. The molecule has 2 unspecified atom stereocenters. The molecule has 0 radical (unpaired) electrons. The van der Waals surface area contributed by atoms with Gasteiger partial charge in [0.1, 0.15) is 5.69 Å². The van der Waals surface area contributed by atoms with Crippen molar-refractivity contribution in [2.45, 2.75) is 31.4 Å². The first-order chi connectivity index (χ1) is 17.6. The van der Waals surface area contributed by atoms with E-state index in [9.17, 15) is 39.0 Å². The lowest BCUT2D eigenvalue weighted by atomic mass is 9.52. The fraction of sp³-hybridized carbons (Fsp3) is 0.520. The number of ketones is 4. The Morgan fingerprint density at radius 3 is 2.21 bits per heavy atom. The standard InChI is InChI=1S/C25H29ClN4O8/c1-8(31)28-16-15(26)17(29(2)3)10-6-9-7-11-18(30(4)5)21(34)14(24(27)37)23(36)25(11,38)22(35)12(9)19(32)13(10)20(16)33/h9,11-12,14,18,33,38H,6-7H2,1-5H3,(H2,27,37)(H,28,31)/t9-,11-,12?,14?,18-,25-/m0/s1. The zero-order valence-electron chi connectivity index (χ0n) is 21.5. The molecule has 38 heavy (non-hydrogen) atoms. The van der Waals surface area contributed by atoms with E-state index in [1.54, 1.807) is 19.0 Å². The molecule has 12 nitrogen and oxygen atoms in total. The molecule has 4 rings (SSSR count). The fourth-order valence-electron chi connectivity index (χ4n) is 6.44. The lowest BCUT2D eigenvalue weighted by Gasteiger charge is -2.52. The second kappa shape index (κ2) is 9.14. The summed E-state index contributed by atoms with van der Waals surface area (Å²) in [4.78, 5) is 81.1. The number of carbonyl (C=O) groups excluding carboxylic acids is 6. The number of aromatic hydroxyl groups is 1. The topological polar surface area (TPSA) is 187 Å². The average Bonchev–Trinajstić information content (AvgIpc) is 2.78. The second-order valence-electron chi connectivity index (χ2n) is 10.6. The van der Waals surface area contributed by atoms with Gasteiger partial charge in [-0.2, -0.15) is 0 Å². The number of amides is 2. The number of nitrogens with two attached hydrogens (primary N) is 1. The van der Waals surface area contributed by atoms with Crippen LogP contribution in [0.15, 0.2) is 0 Å². The predicted octanol–water partition coefficient (Wildman–Crippen LogP) is -0.455. The van der Waals surface area contributed by atoms with Crippen LogP contribution in [-0.4, -0.2) is 89.9 Å². The Morgan fingerprint density at radius 2 is 1.71 bits per heavy atom. The molecule has 2 amide bonds. The summed E-state index contributed by atoms with van der Waals surface area (Å²) < 4.78 is 0. The van der Waals surface area contributed by atoms with Gasteiger partial charge < -0.3 is 26.2 Å². The number of aliphatic hydroxyl groups is 1. The van der Waals surface area contributed by atoms with Crippen LogP contribution in [0.5, 0.6) is 5.75 Å². The molecule has 0 aromatic heterocycles. The van der Waals surface area contributed by atoms with Crippen LogP contribution >= 0.6 is 11.6 Å². The van der Waals surface area contributed by atoms with Crippen molar-refractivity contribution in [2.24, 2.45) is 29.4 Å². The number of primary amides is 1. The molecule has 2 saturated carbocycles. The van der Waals surface area contributed by atoms with Gasteiger partial charge in [0.25, 0.3) is 0 Å². The molecule has 6 atom stereocenters. The number of Topliss-reactive ketones (excluding diaryl/α,β-unsaturated/α-hetero) is 4. The molecule has 0 aliphatic heterocycles. The molecule has 1 aromatic carbocycles. The van der Waals surface area contributed by atoms with Crippen molar-refractivity contribution in [1.82, 2.24) is 4.90 Å². The highest BCUT2D eigenvalue weighted by Gasteiger charge is 2.69. The number of hydrogen-bond acceptors (Lipinski definition) is 10. The number of fused-ring (bicyclic) bond motifs is 3. The highest BCUT2D eigenvalue weighted by atomic mass is 35.5. The summed E-state index contributed by atoms with van der Waals surface area (Å²) in [5.41, 5.74) is 2.71. The van der Waals surface area contributed by atoms with Crippen LogP contribution in [-0.2, 0) is 30.4 Å². The number of halogens is 1. The molecule has 5 N–H and O–H groups in total. The van der Waals surface area contributed by atoms with Gasteiger partial charge in [-0.15, -0.1) is 0 Å². The minimum atomic E-state index is -2.82. The van der Waals surface area contributed by atoms with E-state index in [1.165, 1.54) is 25.9 Å². The summed E-state index contributed by atoms with van der Waals surface area (Å²) >= 11 is 6.55. The van der Waals surface area contributed by atoms with Gasteiger partial charge in [0.2, 0.25) is 11.8 Å². The van der Waals surface area contributed by atoms with Gasteiger partial charge in [-0.3, -0.25) is 33.7 Å². The first kappa shape index (κ1) is 27.7. The van der Waals surface area contributed by atoms with E-state index in [0.29, 0.717) is 11.3 Å². The van der Waals surface area contributed by atoms with Crippen molar-refractivity contribution in [2.75, 3.05) is 38.4 Å². The van der Waals surface area contributed by atoms with E-state index in [4.69, 9.17) is 17.3 Å². The summed E-state index contributed by atoms with van der Waals surface area (Å²) in [5.74, 6) is -12.2. The van der Waals surface area contributed by atoms with Crippen LogP contribution in [0, 0.1) is 23.7 Å². The van der Waals surface area contributed by atoms with E-state index in [1.807, 2.05) is 0 Å². The van der Waals surface area contributed by atoms with Gasteiger partial charge in [-0.1, -0.05) is 11.6 Å². The van der Waals surface area contributed by atoms with Crippen molar-refractivity contribution in [1.29, 1.82) is 0 Å². The zero-order valence-corrected chi connectivity index (χ0v) is 22.3. The molecule has 1 aromatic rings. The van der Waals surface area contributed by atoms with E-state index in [2.05, 4.69) is 5.32 Å². The summed E-state index contributed by atoms with van der Waals surface area (Å²) in [7, 11) is 6.34. The summed E-state index contributed by atoms with van der Waals surface area (Å²) in [6, 6.07) is -1.19. The van der Waals surface area contributed by atoms with Crippen LogP contribution in [0.3, 0.4) is 0 Å². The molecule has 0 bridgehead atoms. The third-order valence-electron chi connectivity index (χ3n) is 7.89. The highest BCUT2D eigenvalue weighted by molar-refractivity contribution is 6.38. The number of phenolic OH excluding ortho intramolecular Hbond substituents is 1. The van der Waals surface area contributed by atoms with Crippen molar-refractivity contribution < 1.29 is 39.0 Å². The van der Waals surface area contributed by atoms with Gasteiger partial charge in [0.15, 0.2) is 40.4 Å². The molecule has 13 heteroatoms. The third-order valence-corrected chi connectivity index (χ3v) is 8.26. The highest BCUT2D eigenvalue weighted by Crippen LogP contribution is 2.54. The normalized spacial score (nSPS) is 30.5. The molecule has 2 fully saturated rings. The van der Waals surface area contributed by atoms with Crippen molar-refractivity contribution in [3.8, 4) is 5.75 Å². The molecule has 0 heterocycles. The number of nitrogens with zero attached hydrogens (tertiary/aromatic N) is 2. The first-order valence-electron chi connectivity index (χ1n) is 11.9. The number of benzene rings is 1. The van der Waals surface area contributed by atoms with Crippen LogP contribution < -0.4 is 16.0 Å². The Hall–Kier alpha value is -3.35. The molecule has 204 valence electrons. The number of rotatable bonds is 4. The van der Waals surface area contributed by atoms with Gasteiger partial charge in [-0.05, 0) is 38.4 Å². The van der Waals surface area contributed by atoms with Crippen molar-refractivity contribution in [3.05, 3.63) is 16.1 Å². The van der Waals surface area contributed by atoms with E-state index in [-0.39, 0.29) is 29.1 Å². The molecular formula is C25H29ClN4O8. The average molecular weight is 549 g/mol. The van der Waals surface area contributed by atoms with Crippen molar-refractivity contribution in [3.63, 3.8) is 0 Å². The minimum Gasteiger partial charge on any atom is -0.505 e. The minimum absolute atomic E-state index is 0.00942. The fourth-order valence-corrected chi connectivity index (χ4v) is 6.86. The molecule has 0 spiro atoms. The van der Waals surface area contributed by atoms with E-state index < -0.39 is 76.0 Å². The first-order valence-corrected chi connectivity index (χ1v) is 12.3. The summed E-state index contributed by atoms with van der Waals surface area (Å²) in [6.07, 6.45) is -0.0322. The number of hydrogen-bond donors (Lipinski definition) is 4. The maximum absolute atomic E-state index is 13.9. The van der Waals surface area contributed by atoms with Gasteiger partial charge >= 0.3 is 0 Å². The number of anilines is 2. The van der Waals surface area contributed by atoms with Gasteiger partial charge in [0.05, 0.1) is 28.2 Å². The van der Waals surface area contributed by atoms with Crippen molar-refractivity contribution >= 4 is 57.9 Å². The van der Waals surface area contributed by atoms with Crippen LogP contribution in [0.1, 0.15) is 29.3 Å². The van der Waals surface area contributed by atoms with Crippen LogP contribution in [0.25, 0.3) is 0 Å². The summed E-state index contributed by atoms with van der Waals surface area (Å²) in [6.45, 7) is 1.19. The van der Waals surface area contributed by atoms with Crippen LogP contribution in [0.4, 0.5) is 11.4 Å². The molecule has 3 aliphatic rings. The Bertz CT molecular complexity index is 1320. The van der Waals surface area contributed by atoms with Gasteiger partial charge in [-0.25, -0.2) is 0 Å². The smallest absolute Gasteiger partial charge is 0.235 e. The zero-order chi connectivity index (χ0) is 28.6. The molecule has 0 saturated heterocycles. The Morgan fingerprint density at radius 1 is 1.11 bits per heavy atom. The largest absolute Gasteiger partial charge is 0.505 e. The maximum atomic E-state index is 13.9. The van der Waals surface area contributed by atoms with Crippen LogP contribution in [0.2, 0.25) is 5.02 Å². The summed E-state index contributed by atoms with van der Waals surface area (Å²) in [5, 5.41) is 25.1. The number of likely N-dealkylation sites (N-methyl/N-ethyl adjacent to an activating group) is 1. The second-order valence-corrected chi connectivity index (χ2v) is 11.0. The predicted molar refractivity (Wildman–Crippen MR) is 135 cm³/mol. The number of phenols is 1. The quantitative estimate of drug-likeness (QED) is 0.283.